The fourth-order valence-corrected chi connectivity index (χ4v) is 2.92. The van der Waals surface area contributed by atoms with Gasteiger partial charge in [0.05, 0.1) is 12.3 Å². The first-order valence-electron chi connectivity index (χ1n) is 9.08. The Labute approximate surface area is 181 Å². The van der Waals surface area contributed by atoms with Crippen molar-refractivity contribution in [2.75, 3.05) is 18.1 Å². The molecule has 160 valence electrons. The Bertz CT molecular complexity index is 1080. The van der Waals surface area contributed by atoms with Crippen LogP contribution in [-0.4, -0.2) is 42.1 Å². The number of halogens is 1. The van der Waals surface area contributed by atoms with Crippen LogP contribution in [0.5, 0.6) is 11.5 Å². The van der Waals surface area contributed by atoms with Gasteiger partial charge in [0.1, 0.15) is 5.57 Å². The lowest BCUT2D eigenvalue weighted by atomic mass is 10.1. The predicted molar refractivity (Wildman–Crippen MR) is 111 cm³/mol. The second-order valence-electron chi connectivity index (χ2n) is 6.26. The monoisotopic (exact) mass is 444 g/mol. The molecule has 0 unspecified atom stereocenters. The number of carbonyl (C=O) groups is 4. The Morgan fingerprint density at radius 1 is 1.10 bits per heavy atom. The number of barbiturate groups is 1. The third kappa shape index (κ3) is 5.01. The first kappa shape index (κ1) is 21.8. The van der Waals surface area contributed by atoms with E-state index in [1.54, 1.807) is 6.92 Å². The van der Waals surface area contributed by atoms with Crippen LogP contribution in [0.15, 0.2) is 48.0 Å². The van der Waals surface area contributed by atoms with Gasteiger partial charge in [-0.15, -0.1) is 0 Å². The Morgan fingerprint density at radius 3 is 2.45 bits per heavy atom. The van der Waals surface area contributed by atoms with Gasteiger partial charge in [-0.25, -0.2) is 14.5 Å². The van der Waals surface area contributed by atoms with Crippen LogP contribution in [0, 0.1) is 0 Å². The molecule has 0 atom stereocenters. The zero-order valence-electron chi connectivity index (χ0n) is 16.3. The minimum atomic E-state index is -1.15. The summed E-state index contributed by atoms with van der Waals surface area (Å²) in [5.74, 6) is -2.36. The molecule has 2 aromatic carbocycles. The first-order chi connectivity index (χ1) is 14.8. The van der Waals surface area contributed by atoms with Crippen LogP contribution in [0.2, 0.25) is 5.02 Å². The second kappa shape index (κ2) is 9.31. The van der Waals surface area contributed by atoms with E-state index in [1.807, 2.05) is 0 Å². The van der Waals surface area contributed by atoms with Crippen molar-refractivity contribution in [2.24, 2.45) is 0 Å². The molecule has 1 heterocycles. The number of rotatable bonds is 7. The number of hydrogen-bond acceptors (Lipinski definition) is 6. The standard InChI is InChI=1S/C21H17ClN2O7/c1-2-30-17-10-12(3-8-16(17)31-11-18(25)26)9-15-19(27)23-21(29)24(20(15)28)14-6-4-13(22)5-7-14/h3-10H,2,11H2,1H3,(H,25,26)(H,23,27,29). The van der Waals surface area contributed by atoms with E-state index in [0.717, 1.165) is 4.90 Å². The molecular formula is C21H17ClN2O7. The SMILES string of the molecule is CCOc1cc(C=C2C(=O)NC(=O)N(c3ccc(Cl)cc3)C2=O)ccc1OCC(=O)O. The molecule has 2 N–H and O–H groups in total. The number of anilines is 1. The van der Waals surface area contributed by atoms with Crippen molar-refractivity contribution < 1.29 is 33.8 Å². The summed E-state index contributed by atoms with van der Waals surface area (Å²) in [5.41, 5.74) is 0.393. The van der Waals surface area contributed by atoms with Crippen molar-refractivity contribution in [1.82, 2.24) is 5.32 Å². The summed E-state index contributed by atoms with van der Waals surface area (Å²) in [4.78, 5) is 49.0. The topological polar surface area (TPSA) is 122 Å². The Morgan fingerprint density at radius 2 is 1.81 bits per heavy atom. The molecule has 1 aliphatic rings. The maximum atomic E-state index is 12.9. The number of aliphatic carboxylic acids is 1. The van der Waals surface area contributed by atoms with Crippen LogP contribution in [0.4, 0.5) is 10.5 Å². The smallest absolute Gasteiger partial charge is 0.341 e. The number of hydrogen-bond donors (Lipinski definition) is 2. The van der Waals surface area contributed by atoms with Gasteiger partial charge in [-0.2, -0.15) is 0 Å². The van der Waals surface area contributed by atoms with E-state index >= 15 is 0 Å². The molecule has 0 aliphatic carbocycles. The highest BCUT2D eigenvalue weighted by molar-refractivity contribution is 6.39. The first-order valence-corrected chi connectivity index (χ1v) is 9.46. The van der Waals surface area contributed by atoms with Gasteiger partial charge in [0, 0.05) is 5.02 Å². The average Bonchev–Trinajstić information content (AvgIpc) is 2.72. The van der Waals surface area contributed by atoms with Crippen molar-refractivity contribution in [3.8, 4) is 11.5 Å². The number of ether oxygens (including phenoxy) is 2. The number of amides is 4. The van der Waals surface area contributed by atoms with Crippen LogP contribution in [0.1, 0.15) is 12.5 Å². The molecule has 3 rings (SSSR count). The van der Waals surface area contributed by atoms with Crippen LogP contribution in [0.3, 0.4) is 0 Å². The van der Waals surface area contributed by atoms with Gasteiger partial charge in [-0.05, 0) is 55.0 Å². The predicted octanol–water partition coefficient (Wildman–Crippen LogP) is 2.87. The molecule has 9 nitrogen and oxygen atoms in total. The molecule has 1 saturated heterocycles. The van der Waals surface area contributed by atoms with Gasteiger partial charge in [0.2, 0.25) is 0 Å². The summed E-state index contributed by atoms with van der Waals surface area (Å²) in [6, 6.07) is 9.61. The molecule has 0 spiro atoms. The van der Waals surface area contributed by atoms with Gasteiger partial charge >= 0.3 is 12.0 Å². The van der Waals surface area contributed by atoms with E-state index in [1.165, 1.54) is 48.5 Å². The van der Waals surface area contributed by atoms with Crippen LogP contribution in [-0.2, 0) is 14.4 Å². The fourth-order valence-electron chi connectivity index (χ4n) is 2.79. The molecule has 0 bridgehead atoms. The summed E-state index contributed by atoms with van der Waals surface area (Å²) >= 11 is 5.85. The lowest BCUT2D eigenvalue weighted by Gasteiger charge is -2.26. The van der Waals surface area contributed by atoms with Crippen LogP contribution < -0.4 is 19.7 Å². The number of urea groups is 1. The van der Waals surface area contributed by atoms with E-state index in [-0.39, 0.29) is 29.4 Å². The van der Waals surface area contributed by atoms with Crippen molar-refractivity contribution in [3.63, 3.8) is 0 Å². The van der Waals surface area contributed by atoms with Crippen LogP contribution in [0.25, 0.3) is 6.08 Å². The Hall–Kier alpha value is -3.85. The number of benzene rings is 2. The molecule has 1 fully saturated rings. The van der Waals surface area contributed by atoms with Crippen molar-refractivity contribution in [3.05, 3.63) is 58.6 Å². The lowest BCUT2D eigenvalue weighted by molar-refractivity contribution is -0.139. The summed E-state index contributed by atoms with van der Waals surface area (Å²) < 4.78 is 10.6. The number of imide groups is 2. The summed E-state index contributed by atoms with van der Waals surface area (Å²) in [6.45, 7) is 1.46. The number of carboxylic acids is 1. The number of nitrogens with one attached hydrogen (secondary N) is 1. The maximum absolute atomic E-state index is 12.9. The average molecular weight is 445 g/mol. The highest BCUT2D eigenvalue weighted by Crippen LogP contribution is 2.30. The van der Waals surface area contributed by atoms with E-state index in [4.69, 9.17) is 26.2 Å². The number of nitrogens with zero attached hydrogens (tertiary/aromatic N) is 1. The molecular weight excluding hydrogens is 428 g/mol. The minimum absolute atomic E-state index is 0.198. The van der Waals surface area contributed by atoms with Gasteiger partial charge in [-0.1, -0.05) is 17.7 Å². The zero-order valence-corrected chi connectivity index (χ0v) is 17.0. The molecule has 0 aromatic heterocycles. The molecule has 31 heavy (non-hydrogen) atoms. The zero-order chi connectivity index (χ0) is 22.5. The minimum Gasteiger partial charge on any atom is -0.490 e. The highest BCUT2D eigenvalue weighted by atomic mass is 35.5. The molecule has 10 heteroatoms. The van der Waals surface area contributed by atoms with E-state index in [0.29, 0.717) is 10.6 Å². The molecule has 2 aromatic rings. The van der Waals surface area contributed by atoms with Crippen LogP contribution >= 0.6 is 11.6 Å². The fraction of sp³-hybridized carbons (Fsp3) is 0.143. The summed E-state index contributed by atoms with van der Waals surface area (Å²) in [6.07, 6.45) is 1.30. The number of carboxylic acid groups (broad SMARTS) is 1. The third-order valence-corrected chi connectivity index (χ3v) is 4.37. The van der Waals surface area contributed by atoms with Crippen molar-refractivity contribution >= 4 is 47.2 Å². The normalized spacial score (nSPS) is 15.1. The van der Waals surface area contributed by atoms with Gasteiger partial charge in [0.15, 0.2) is 18.1 Å². The lowest BCUT2D eigenvalue weighted by Crippen LogP contribution is -2.54. The second-order valence-corrected chi connectivity index (χ2v) is 6.69. The molecule has 0 saturated carbocycles. The Kier molecular flexibility index (Phi) is 6.56. The van der Waals surface area contributed by atoms with Crippen molar-refractivity contribution in [1.29, 1.82) is 0 Å². The van der Waals surface area contributed by atoms with E-state index < -0.39 is 30.4 Å². The quantitative estimate of drug-likeness (QED) is 0.497. The summed E-state index contributed by atoms with van der Waals surface area (Å²) in [5, 5.41) is 11.3. The largest absolute Gasteiger partial charge is 0.490 e. The maximum Gasteiger partial charge on any atom is 0.341 e. The molecule has 0 radical (unpaired) electrons. The molecule has 4 amide bonds. The van der Waals surface area contributed by atoms with E-state index in [2.05, 4.69) is 5.32 Å². The third-order valence-electron chi connectivity index (χ3n) is 4.12. The summed E-state index contributed by atoms with van der Waals surface area (Å²) in [7, 11) is 0. The van der Waals surface area contributed by atoms with Gasteiger partial charge in [-0.3, -0.25) is 14.9 Å². The van der Waals surface area contributed by atoms with Gasteiger partial charge < -0.3 is 14.6 Å². The highest BCUT2D eigenvalue weighted by Gasteiger charge is 2.36. The van der Waals surface area contributed by atoms with Gasteiger partial charge in [0.25, 0.3) is 11.8 Å². The van der Waals surface area contributed by atoms with E-state index in [9.17, 15) is 19.2 Å². The van der Waals surface area contributed by atoms with Crippen molar-refractivity contribution in [2.45, 2.75) is 6.92 Å². The number of carbonyl (C=O) groups excluding carboxylic acids is 3. The molecule has 1 aliphatic heterocycles. The Balaban J connectivity index is 1.95.